The van der Waals surface area contributed by atoms with Gasteiger partial charge >= 0.3 is 0 Å². The molecule has 0 radical (unpaired) electrons. The van der Waals surface area contributed by atoms with Gasteiger partial charge in [0.2, 0.25) is 5.91 Å². The van der Waals surface area contributed by atoms with Crippen LogP contribution in [0.25, 0.3) is 0 Å². The first-order chi connectivity index (χ1) is 11.6. The van der Waals surface area contributed by atoms with Crippen LogP contribution in [-0.4, -0.2) is 31.6 Å². The molecular formula is C20H26N2O3. The lowest BCUT2D eigenvalue weighted by Gasteiger charge is -2.46. The summed E-state index contributed by atoms with van der Waals surface area (Å²) in [5.74, 6) is -2.34. The average molecular weight is 342 g/mol. The number of hydrogen-bond acceptors (Lipinski definition) is 4. The maximum Gasteiger partial charge on any atom is 0.242 e. The molecule has 1 N–H and O–H groups in total. The van der Waals surface area contributed by atoms with E-state index in [2.05, 4.69) is 5.32 Å². The van der Waals surface area contributed by atoms with Crippen molar-refractivity contribution in [3.05, 3.63) is 24.3 Å². The molecular weight excluding hydrogens is 316 g/mol. The molecule has 1 aromatic rings. The molecule has 5 nitrogen and oxygen atoms in total. The maximum atomic E-state index is 13.0. The van der Waals surface area contributed by atoms with Crippen molar-refractivity contribution in [2.75, 3.05) is 24.3 Å². The fourth-order valence-corrected chi connectivity index (χ4v) is 4.39. The topological polar surface area (TPSA) is 66.5 Å². The van der Waals surface area contributed by atoms with Gasteiger partial charge in [0.15, 0.2) is 17.5 Å². The predicted octanol–water partition coefficient (Wildman–Crippen LogP) is 2.90. The summed E-state index contributed by atoms with van der Waals surface area (Å²) in [5, 5.41) is 2.75. The number of ketones is 2. The number of nitrogens with one attached hydrogen (secondary N) is 1. The lowest BCUT2D eigenvalue weighted by atomic mass is 9.55. The van der Waals surface area contributed by atoms with Crippen molar-refractivity contribution in [1.82, 2.24) is 0 Å². The van der Waals surface area contributed by atoms with Gasteiger partial charge in [0, 0.05) is 36.8 Å². The van der Waals surface area contributed by atoms with Gasteiger partial charge in [0.05, 0.1) is 0 Å². The molecule has 2 fully saturated rings. The Morgan fingerprint density at radius 3 is 2.28 bits per heavy atom. The van der Waals surface area contributed by atoms with Gasteiger partial charge in [0.25, 0.3) is 0 Å². The summed E-state index contributed by atoms with van der Waals surface area (Å²) in [6.45, 7) is 5.87. The first-order valence-corrected chi connectivity index (χ1v) is 8.76. The number of amides is 1. The van der Waals surface area contributed by atoms with Crippen LogP contribution in [0.2, 0.25) is 0 Å². The minimum absolute atomic E-state index is 0.215. The fourth-order valence-electron chi connectivity index (χ4n) is 4.39. The van der Waals surface area contributed by atoms with E-state index < -0.39 is 17.2 Å². The second kappa shape index (κ2) is 5.68. The minimum Gasteiger partial charge on any atom is -0.378 e. The molecule has 0 spiro atoms. The normalized spacial score (nSPS) is 30.3. The number of Topliss-reactive ketones (excluding diaryl/α,β-unsaturated/α-hetero) is 2. The van der Waals surface area contributed by atoms with Crippen LogP contribution < -0.4 is 10.2 Å². The van der Waals surface area contributed by atoms with E-state index in [1.54, 1.807) is 12.1 Å². The Balaban J connectivity index is 1.83. The molecule has 3 atom stereocenters. The van der Waals surface area contributed by atoms with Crippen LogP contribution in [0.1, 0.15) is 33.6 Å². The second-order valence-electron chi connectivity index (χ2n) is 8.28. The molecule has 2 aliphatic rings. The fraction of sp³-hybridized carbons (Fsp3) is 0.550. The predicted molar refractivity (Wildman–Crippen MR) is 97.5 cm³/mol. The third kappa shape index (κ3) is 2.48. The number of hydrogen-bond donors (Lipinski definition) is 1. The second-order valence-corrected chi connectivity index (χ2v) is 8.28. The number of nitrogens with zero attached hydrogens (tertiary/aromatic N) is 1. The van der Waals surface area contributed by atoms with E-state index in [-0.39, 0.29) is 22.9 Å². The van der Waals surface area contributed by atoms with Gasteiger partial charge in [-0.15, -0.1) is 0 Å². The van der Waals surface area contributed by atoms with Crippen molar-refractivity contribution in [3.8, 4) is 0 Å². The van der Waals surface area contributed by atoms with Crippen LogP contribution in [0.3, 0.4) is 0 Å². The summed E-state index contributed by atoms with van der Waals surface area (Å²) >= 11 is 0. The summed E-state index contributed by atoms with van der Waals surface area (Å²) in [6.07, 6.45) is 1.37. The molecule has 2 aliphatic carbocycles. The van der Waals surface area contributed by atoms with Crippen LogP contribution >= 0.6 is 0 Å². The Kier molecular flexibility index (Phi) is 4.01. The van der Waals surface area contributed by atoms with Crippen molar-refractivity contribution >= 4 is 28.8 Å². The highest BCUT2D eigenvalue weighted by atomic mass is 16.2. The van der Waals surface area contributed by atoms with Crippen LogP contribution in [0.4, 0.5) is 11.4 Å². The quantitative estimate of drug-likeness (QED) is 0.858. The van der Waals surface area contributed by atoms with E-state index in [9.17, 15) is 14.4 Å². The smallest absolute Gasteiger partial charge is 0.242 e. The van der Waals surface area contributed by atoms with Gasteiger partial charge in [-0.3, -0.25) is 14.4 Å². The largest absolute Gasteiger partial charge is 0.378 e. The SMILES string of the molecule is CN(C)c1ccc(NC(=O)C2C(=O)C3CC[C@](C)(C2=O)C3(C)C)cc1. The summed E-state index contributed by atoms with van der Waals surface area (Å²) in [5.41, 5.74) is 0.613. The zero-order valence-corrected chi connectivity index (χ0v) is 15.6. The molecule has 2 bridgehead atoms. The van der Waals surface area contributed by atoms with Crippen molar-refractivity contribution in [2.45, 2.75) is 33.6 Å². The Bertz CT molecular complexity index is 736. The third-order valence-corrected chi connectivity index (χ3v) is 6.57. The van der Waals surface area contributed by atoms with Crippen molar-refractivity contribution < 1.29 is 14.4 Å². The summed E-state index contributed by atoms with van der Waals surface area (Å²) in [6, 6.07) is 7.33. The molecule has 0 aromatic heterocycles. The Morgan fingerprint density at radius 2 is 1.72 bits per heavy atom. The van der Waals surface area contributed by atoms with Gasteiger partial charge < -0.3 is 10.2 Å². The molecule has 25 heavy (non-hydrogen) atoms. The number of anilines is 2. The maximum absolute atomic E-state index is 13.0. The van der Waals surface area contributed by atoms with E-state index >= 15 is 0 Å². The molecule has 0 heterocycles. The van der Waals surface area contributed by atoms with Gasteiger partial charge in [-0.05, 0) is 42.5 Å². The first-order valence-electron chi connectivity index (χ1n) is 8.76. The highest BCUT2D eigenvalue weighted by molar-refractivity contribution is 6.25. The minimum atomic E-state index is -1.18. The zero-order valence-electron chi connectivity index (χ0n) is 15.6. The van der Waals surface area contributed by atoms with Crippen LogP contribution in [0, 0.1) is 22.7 Å². The monoisotopic (exact) mass is 342 g/mol. The van der Waals surface area contributed by atoms with Crippen molar-refractivity contribution in [1.29, 1.82) is 0 Å². The van der Waals surface area contributed by atoms with Gasteiger partial charge in [-0.1, -0.05) is 20.8 Å². The molecule has 0 aliphatic heterocycles. The first kappa shape index (κ1) is 17.6. The molecule has 3 rings (SSSR count). The number of benzene rings is 1. The van der Waals surface area contributed by atoms with E-state index in [1.165, 1.54) is 0 Å². The van der Waals surface area contributed by atoms with Crippen LogP contribution in [0.15, 0.2) is 24.3 Å². The average Bonchev–Trinajstić information content (AvgIpc) is 2.71. The molecule has 0 saturated heterocycles. The van der Waals surface area contributed by atoms with Crippen molar-refractivity contribution in [3.63, 3.8) is 0 Å². The standard InChI is InChI=1S/C20H26N2O3/c1-19(2)14-10-11-20(19,3)17(24)15(16(14)23)18(25)21-12-6-8-13(9-7-12)22(4)5/h6-9,14-15H,10-11H2,1-5H3,(H,21,25)/t14?,15?,20-/m1/s1. The highest BCUT2D eigenvalue weighted by Crippen LogP contribution is 2.61. The van der Waals surface area contributed by atoms with E-state index in [0.29, 0.717) is 18.5 Å². The molecule has 1 amide bonds. The molecule has 134 valence electrons. The summed E-state index contributed by atoms with van der Waals surface area (Å²) in [4.78, 5) is 40.5. The van der Waals surface area contributed by atoms with E-state index in [4.69, 9.17) is 0 Å². The highest BCUT2D eigenvalue weighted by Gasteiger charge is 2.66. The van der Waals surface area contributed by atoms with Crippen LogP contribution in [-0.2, 0) is 14.4 Å². The lowest BCUT2D eigenvalue weighted by Crippen LogP contribution is -2.56. The van der Waals surface area contributed by atoms with E-state index in [1.807, 2.05) is 51.9 Å². The summed E-state index contributed by atoms with van der Waals surface area (Å²) in [7, 11) is 3.87. The lowest BCUT2D eigenvalue weighted by molar-refractivity contribution is -0.156. The Labute approximate surface area is 148 Å². The van der Waals surface area contributed by atoms with E-state index in [0.717, 1.165) is 5.69 Å². The number of rotatable bonds is 3. The van der Waals surface area contributed by atoms with Crippen molar-refractivity contribution in [2.24, 2.45) is 22.7 Å². The Morgan fingerprint density at radius 1 is 1.12 bits per heavy atom. The molecule has 2 saturated carbocycles. The van der Waals surface area contributed by atoms with Gasteiger partial charge in [-0.25, -0.2) is 0 Å². The Hall–Kier alpha value is -2.17. The third-order valence-electron chi connectivity index (χ3n) is 6.57. The number of carbonyl (C=O) groups excluding carboxylic acids is 3. The number of fused-ring (bicyclic) bond motifs is 2. The van der Waals surface area contributed by atoms with Gasteiger partial charge in [0.1, 0.15) is 0 Å². The zero-order chi connectivity index (χ0) is 18.6. The summed E-state index contributed by atoms with van der Waals surface area (Å²) < 4.78 is 0. The molecule has 1 aromatic carbocycles. The number of carbonyl (C=O) groups is 3. The van der Waals surface area contributed by atoms with Gasteiger partial charge in [-0.2, -0.15) is 0 Å². The molecule has 2 unspecified atom stereocenters. The molecule has 5 heteroatoms. The van der Waals surface area contributed by atoms with Crippen LogP contribution in [0.5, 0.6) is 0 Å².